The number of hydrogen-bond donors (Lipinski definition) is 2. The molecule has 0 aromatic heterocycles. The maximum atomic E-state index is 12.3. The van der Waals surface area contributed by atoms with Crippen LogP contribution in [0.15, 0.2) is 0 Å². The first-order chi connectivity index (χ1) is 10.3. The molecule has 6 nitrogen and oxygen atoms in total. The van der Waals surface area contributed by atoms with E-state index in [0.29, 0.717) is 6.54 Å². The number of thioether (sulfide) groups is 1. The molecule has 0 radical (unpaired) electrons. The summed E-state index contributed by atoms with van der Waals surface area (Å²) in [5, 5.41) is 11.8. The molecule has 22 heavy (non-hydrogen) atoms. The zero-order chi connectivity index (χ0) is 16.6. The van der Waals surface area contributed by atoms with Crippen molar-refractivity contribution in [2.24, 2.45) is 0 Å². The van der Waals surface area contributed by atoms with Crippen molar-refractivity contribution in [2.45, 2.75) is 51.7 Å². The molecule has 0 aliphatic carbocycles. The number of aliphatic hydroxyl groups is 1. The normalized spacial score (nSPS) is 16.2. The molecule has 1 saturated heterocycles. The Balaban J connectivity index is 2.38. The van der Waals surface area contributed by atoms with Gasteiger partial charge in [-0.25, -0.2) is 4.79 Å². The van der Waals surface area contributed by atoms with Crippen LogP contribution < -0.4 is 5.32 Å². The summed E-state index contributed by atoms with van der Waals surface area (Å²) in [7, 11) is 0. The summed E-state index contributed by atoms with van der Waals surface area (Å²) in [6, 6.07) is 0.211. The highest BCUT2D eigenvalue weighted by Crippen LogP contribution is 2.22. The molecule has 128 valence electrons. The van der Waals surface area contributed by atoms with Crippen molar-refractivity contribution in [1.29, 1.82) is 0 Å². The fourth-order valence-electron chi connectivity index (χ4n) is 2.34. The van der Waals surface area contributed by atoms with Crippen molar-refractivity contribution in [1.82, 2.24) is 10.2 Å². The van der Waals surface area contributed by atoms with E-state index >= 15 is 0 Å². The minimum absolute atomic E-state index is 0.0259. The highest BCUT2D eigenvalue weighted by Gasteiger charge is 2.25. The Bertz CT molecular complexity index is 365. The molecule has 0 aromatic carbocycles. The van der Waals surface area contributed by atoms with E-state index in [4.69, 9.17) is 9.84 Å². The molecular formula is C15H28N2O4S. The number of carbonyl (C=O) groups is 2. The molecule has 1 fully saturated rings. The molecule has 2 amide bonds. The first-order valence-corrected chi connectivity index (χ1v) is 8.94. The van der Waals surface area contributed by atoms with E-state index in [2.05, 4.69) is 5.32 Å². The third-order valence-electron chi connectivity index (χ3n) is 3.30. The van der Waals surface area contributed by atoms with Crippen LogP contribution in [0.1, 0.15) is 40.0 Å². The lowest BCUT2D eigenvalue weighted by atomic mass is 10.1. The molecule has 1 aliphatic rings. The van der Waals surface area contributed by atoms with E-state index in [0.717, 1.165) is 24.3 Å². The highest BCUT2D eigenvalue weighted by atomic mass is 32.2. The van der Waals surface area contributed by atoms with Crippen LogP contribution in [0, 0.1) is 0 Å². The first kappa shape index (κ1) is 19.1. The van der Waals surface area contributed by atoms with Crippen molar-refractivity contribution >= 4 is 23.8 Å². The summed E-state index contributed by atoms with van der Waals surface area (Å²) in [5.74, 6) is 2.08. The summed E-state index contributed by atoms with van der Waals surface area (Å²) in [6.07, 6.45) is 1.65. The van der Waals surface area contributed by atoms with E-state index in [9.17, 15) is 9.59 Å². The van der Waals surface area contributed by atoms with Crippen LogP contribution in [0.5, 0.6) is 0 Å². The third kappa shape index (κ3) is 7.35. The molecule has 2 N–H and O–H groups in total. The smallest absolute Gasteiger partial charge is 0.407 e. The Labute approximate surface area is 137 Å². The summed E-state index contributed by atoms with van der Waals surface area (Å²) in [4.78, 5) is 25.6. The number of amides is 2. The molecule has 0 atom stereocenters. The number of aliphatic hydroxyl groups excluding tert-OH is 1. The van der Waals surface area contributed by atoms with Gasteiger partial charge in [0.1, 0.15) is 5.60 Å². The topological polar surface area (TPSA) is 78.9 Å². The van der Waals surface area contributed by atoms with Gasteiger partial charge >= 0.3 is 6.09 Å². The van der Waals surface area contributed by atoms with Crippen LogP contribution in [-0.2, 0) is 9.53 Å². The Kier molecular flexibility index (Phi) is 8.03. The van der Waals surface area contributed by atoms with E-state index in [1.54, 1.807) is 25.7 Å². The zero-order valence-electron chi connectivity index (χ0n) is 13.8. The van der Waals surface area contributed by atoms with Crippen molar-refractivity contribution in [3.63, 3.8) is 0 Å². The summed E-state index contributed by atoms with van der Waals surface area (Å²) in [6.45, 7) is 5.96. The third-order valence-corrected chi connectivity index (χ3v) is 4.35. The van der Waals surface area contributed by atoms with E-state index in [-0.39, 0.29) is 31.5 Å². The molecule has 7 heteroatoms. The van der Waals surface area contributed by atoms with E-state index < -0.39 is 11.7 Å². The van der Waals surface area contributed by atoms with Crippen molar-refractivity contribution in [3.05, 3.63) is 0 Å². The van der Waals surface area contributed by atoms with E-state index in [1.807, 2.05) is 11.8 Å². The highest BCUT2D eigenvalue weighted by molar-refractivity contribution is 7.99. The fraction of sp³-hybridized carbons (Fsp3) is 0.867. The fourth-order valence-corrected chi connectivity index (χ4v) is 3.43. The van der Waals surface area contributed by atoms with Gasteiger partial charge in [-0.1, -0.05) is 0 Å². The Morgan fingerprint density at radius 3 is 2.50 bits per heavy atom. The minimum atomic E-state index is -0.545. The number of hydrogen-bond acceptors (Lipinski definition) is 5. The second-order valence-corrected chi connectivity index (χ2v) is 7.56. The molecule has 1 rings (SSSR count). The zero-order valence-corrected chi connectivity index (χ0v) is 14.6. The second-order valence-electron chi connectivity index (χ2n) is 6.33. The predicted molar refractivity (Wildman–Crippen MR) is 88.0 cm³/mol. The van der Waals surface area contributed by atoms with Gasteiger partial charge in [0, 0.05) is 25.6 Å². The number of nitrogens with one attached hydrogen (secondary N) is 1. The molecule has 0 saturated carbocycles. The van der Waals surface area contributed by atoms with Gasteiger partial charge in [-0.05, 0) is 45.1 Å². The standard InChI is InChI=1S/C15H28N2O4S/c1-15(2,3)21-14(20)16-7-4-13(19)17(8-9-18)12-5-10-22-11-6-12/h12,18H,4-11H2,1-3H3,(H,16,20). The monoisotopic (exact) mass is 332 g/mol. The lowest BCUT2D eigenvalue weighted by molar-refractivity contribution is -0.134. The van der Waals surface area contributed by atoms with Crippen LogP contribution in [0.3, 0.4) is 0 Å². The second kappa shape index (κ2) is 9.25. The van der Waals surface area contributed by atoms with Crippen LogP contribution in [0.4, 0.5) is 4.79 Å². The quantitative estimate of drug-likeness (QED) is 0.773. The molecule has 0 aromatic rings. The van der Waals surface area contributed by atoms with Crippen molar-refractivity contribution in [2.75, 3.05) is 31.2 Å². The van der Waals surface area contributed by atoms with Crippen molar-refractivity contribution < 1.29 is 19.4 Å². The van der Waals surface area contributed by atoms with Crippen LogP contribution >= 0.6 is 11.8 Å². The van der Waals surface area contributed by atoms with Crippen LogP contribution in [0.2, 0.25) is 0 Å². The maximum absolute atomic E-state index is 12.3. The molecular weight excluding hydrogens is 304 g/mol. The molecule has 0 bridgehead atoms. The molecule has 0 unspecified atom stereocenters. The van der Waals surface area contributed by atoms with Gasteiger partial charge < -0.3 is 20.1 Å². The van der Waals surface area contributed by atoms with Gasteiger partial charge in [0.25, 0.3) is 0 Å². The number of carbonyl (C=O) groups excluding carboxylic acids is 2. The molecule has 1 aliphatic heterocycles. The van der Waals surface area contributed by atoms with Crippen LogP contribution in [0.25, 0.3) is 0 Å². The first-order valence-electron chi connectivity index (χ1n) is 7.78. The van der Waals surface area contributed by atoms with Crippen LogP contribution in [-0.4, -0.2) is 64.9 Å². The van der Waals surface area contributed by atoms with Gasteiger partial charge in [-0.15, -0.1) is 0 Å². The van der Waals surface area contributed by atoms with Gasteiger partial charge in [-0.2, -0.15) is 11.8 Å². The number of nitrogens with zero attached hydrogens (tertiary/aromatic N) is 1. The summed E-state index contributed by atoms with van der Waals surface area (Å²) in [5.41, 5.74) is -0.545. The number of rotatable bonds is 6. The maximum Gasteiger partial charge on any atom is 0.407 e. The number of ether oxygens (including phenoxy) is 1. The Morgan fingerprint density at radius 2 is 1.95 bits per heavy atom. The molecule has 0 spiro atoms. The average Bonchev–Trinajstić information content (AvgIpc) is 2.43. The van der Waals surface area contributed by atoms with Gasteiger partial charge in [0.2, 0.25) is 5.91 Å². The molecule has 1 heterocycles. The number of alkyl carbamates (subject to hydrolysis) is 1. The van der Waals surface area contributed by atoms with Gasteiger partial charge in [0.15, 0.2) is 0 Å². The SMILES string of the molecule is CC(C)(C)OC(=O)NCCC(=O)N(CCO)C1CCSCC1. The Hall–Kier alpha value is -0.950. The summed E-state index contributed by atoms with van der Waals surface area (Å²) < 4.78 is 5.13. The Morgan fingerprint density at radius 1 is 1.32 bits per heavy atom. The average molecular weight is 332 g/mol. The van der Waals surface area contributed by atoms with Gasteiger partial charge in [-0.3, -0.25) is 4.79 Å². The minimum Gasteiger partial charge on any atom is -0.444 e. The summed E-state index contributed by atoms with van der Waals surface area (Å²) >= 11 is 1.90. The predicted octanol–water partition coefficient (Wildman–Crippen LogP) is 1.62. The van der Waals surface area contributed by atoms with E-state index in [1.165, 1.54) is 0 Å². The largest absolute Gasteiger partial charge is 0.444 e. The van der Waals surface area contributed by atoms with Crippen molar-refractivity contribution in [3.8, 4) is 0 Å². The lowest BCUT2D eigenvalue weighted by Gasteiger charge is -2.34. The lowest BCUT2D eigenvalue weighted by Crippen LogP contribution is -2.45. The van der Waals surface area contributed by atoms with Gasteiger partial charge in [0.05, 0.1) is 6.61 Å².